The number of nitrogens with two attached hydrogens (primary N) is 2. The Hall–Kier alpha value is -2.34. The van der Waals surface area contributed by atoms with Crippen molar-refractivity contribution in [3.63, 3.8) is 0 Å². The first-order valence-electron chi connectivity index (χ1n) is 6.44. The lowest BCUT2D eigenvalue weighted by atomic mass is 10.1. The van der Waals surface area contributed by atoms with Gasteiger partial charge in [0.1, 0.15) is 0 Å². The molecule has 6 nitrogen and oxygen atoms in total. The molecule has 0 spiro atoms. The number of rotatable bonds is 6. The number of aromatic amines is 1. The number of hydrogen-bond donors (Lipinski definition) is 4. The summed E-state index contributed by atoms with van der Waals surface area (Å²) in [5.41, 5.74) is 12.9. The Morgan fingerprint density at radius 2 is 2.05 bits per heavy atom. The van der Waals surface area contributed by atoms with Crippen LogP contribution in [0.3, 0.4) is 0 Å². The molecular formula is C14H18N4O2. The number of primary amides is 1. The summed E-state index contributed by atoms with van der Waals surface area (Å²) in [6, 6.07) is 7.19. The van der Waals surface area contributed by atoms with Crippen LogP contribution >= 0.6 is 0 Å². The van der Waals surface area contributed by atoms with E-state index in [9.17, 15) is 9.59 Å². The van der Waals surface area contributed by atoms with Crippen LogP contribution in [0.1, 0.15) is 12.0 Å². The Balaban J connectivity index is 1.95. The topological polar surface area (TPSA) is 114 Å². The standard InChI is InChI=1S/C14H18N4O2/c15-11(14(20)17-6-5-13(16)19)7-9-8-18-12-4-2-1-3-10(9)12/h1-4,8,11,18H,5-7,15H2,(H2,16,19)(H,17,20). The third-order valence-electron chi connectivity index (χ3n) is 3.12. The maximum atomic E-state index is 11.8. The van der Waals surface area contributed by atoms with Crippen molar-refractivity contribution >= 4 is 22.7 Å². The van der Waals surface area contributed by atoms with Crippen LogP contribution in [0, 0.1) is 0 Å². The summed E-state index contributed by atoms with van der Waals surface area (Å²) in [7, 11) is 0. The summed E-state index contributed by atoms with van der Waals surface area (Å²) in [5, 5.41) is 3.66. The van der Waals surface area contributed by atoms with Gasteiger partial charge in [0.05, 0.1) is 6.04 Å². The molecule has 0 saturated carbocycles. The SMILES string of the molecule is NC(=O)CCNC(=O)C(N)Cc1c[nH]c2ccccc12. The summed E-state index contributed by atoms with van der Waals surface area (Å²) < 4.78 is 0. The molecule has 1 atom stereocenters. The minimum absolute atomic E-state index is 0.117. The zero-order valence-electron chi connectivity index (χ0n) is 11.1. The molecule has 0 aliphatic rings. The van der Waals surface area contributed by atoms with Crippen molar-refractivity contribution in [3.05, 3.63) is 36.0 Å². The first-order valence-corrected chi connectivity index (χ1v) is 6.44. The molecule has 0 fully saturated rings. The highest BCUT2D eigenvalue weighted by molar-refractivity contribution is 5.86. The molecule has 2 rings (SSSR count). The average molecular weight is 274 g/mol. The Morgan fingerprint density at radius 1 is 1.30 bits per heavy atom. The van der Waals surface area contributed by atoms with Crippen LogP contribution in [0.2, 0.25) is 0 Å². The first kappa shape index (κ1) is 14.1. The zero-order chi connectivity index (χ0) is 14.5. The first-order chi connectivity index (χ1) is 9.58. The third-order valence-corrected chi connectivity index (χ3v) is 3.12. The number of H-pyrrole nitrogens is 1. The predicted molar refractivity (Wildman–Crippen MR) is 76.8 cm³/mol. The molecule has 106 valence electrons. The predicted octanol–water partition coefficient (Wildman–Crippen LogP) is 0.0293. The number of carbonyl (C=O) groups is 2. The number of hydrogen-bond acceptors (Lipinski definition) is 3. The van der Waals surface area contributed by atoms with Gasteiger partial charge in [0.2, 0.25) is 11.8 Å². The van der Waals surface area contributed by atoms with Crippen molar-refractivity contribution in [1.29, 1.82) is 0 Å². The van der Waals surface area contributed by atoms with E-state index < -0.39 is 11.9 Å². The van der Waals surface area contributed by atoms with Crippen molar-refractivity contribution in [3.8, 4) is 0 Å². The van der Waals surface area contributed by atoms with Crippen molar-refractivity contribution < 1.29 is 9.59 Å². The summed E-state index contributed by atoms with van der Waals surface area (Å²) in [6.07, 6.45) is 2.42. The van der Waals surface area contributed by atoms with Gasteiger partial charge in [-0.25, -0.2) is 0 Å². The van der Waals surface area contributed by atoms with E-state index in [1.807, 2.05) is 30.5 Å². The summed E-state index contributed by atoms with van der Waals surface area (Å²) in [5.74, 6) is -0.730. The van der Waals surface area contributed by atoms with Gasteiger partial charge in [0.15, 0.2) is 0 Å². The maximum absolute atomic E-state index is 11.8. The van der Waals surface area contributed by atoms with E-state index in [4.69, 9.17) is 11.5 Å². The van der Waals surface area contributed by atoms with Gasteiger partial charge in [-0.3, -0.25) is 9.59 Å². The van der Waals surface area contributed by atoms with Crippen molar-refractivity contribution in [1.82, 2.24) is 10.3 Å². The second-order valence-corrected chi connectivity index (χ2v) is 4.68. The van der Waals surface area contributed by atoms with Crippen LogP contribution < -0.4 is 16.8 Å². The number of para-hydroxylation sites is 1. The van der Waals surface area contributed by atoms with E-state index >= 15 is 0 Å². The molecule has 1 aromatic heterocycles. The highest BCUT2D eigenvalue weighted by Crippen LogP contribution is 2.18. The fraction of sp³-hybridized carbons (Fsp3) is 0.286. The quantitative estimate of drug-likeness (QED) is 0.595. The Kier molecular flexibility index (Phi) is 4.37. The van der Waals surface area contributed by atoms with Gasteiger partial charge in [0, 0.05) is 30.1 Å². The van der Waals surface area contributed by atoms with Crippen molar-refractivity contribution in [2.24, 2.45) is 11.5 Å². The molecule has 0 bridgehead atoms. The Morgan fingerprint density at radius 3 is 2.80 bits per heavy atom. The zero-order valence-corrected chi connectivity index (χ0v) is 11.1. The number of nitrogens with one attached hydrogen (secondary N) is 2. The monoisotopic (exact) mass is 274 g/mol. The van der Waals surface area contributed by atoms with Crippen molar-refractivity contribution in [2.45, 2.75) is 18.9 Å². The molecular weight excluding hydrogens is 256 g/mol. The third kappa shape index (κ3) is 3.36. The highest BCUT2D eigenvalue weighted by atomic mass is 16.2. The van der Waals surface area contributed by atoms with E-state index in [1.54, 1.807) is 0 Å². The molecule has 20 heavy (non-hydrogen) atoms. The fourth-order valence-electron chi connectivity index (χ4n) is 2.07. The molecule has 2 amide bonds. The summed E-state index contributed by atoms with van der Waals surface area (Å²) in [6.45, 7) is 0.218. The van der Waals surface area contributed by atoms with Crippen molar-refractivity contribution in [2.75, 3.05) is 6.54 Å². The second kappa shape index (κ2) is 6.21. The number of fused-ring (bicyclic) bond motifs is 1. The smallest absolute Gasteiger partial charge is 0.237 e. The van der Waals surface area contributed by atoms with Crippen LogP contribution in [0.25, 0.3) is 10.9 Å². The lowest BCUT2D eigenvalue weighted by Gasteiger charge is -2.11. The highest BCUT2D eigenvalue weighted by Gasteiger charge is 2.15. The van der Waals surface area contributed by atoms with Crippen LogP contribution in [0.5, 0.6) is 0 Å². The molecule has 1 unspecified atom stereocenters. The van der Waals surface area contributed by atoms with Gasteiger partial charge in [-0.05, 0) is 18.1 Å². The number of benzene rings is 1. The maximum Gasteiger partial charge on any atom is 0.237 e. The number of carbonyl (C=O) groups excluding carboxylic acids is 2. The minimum atomic E-state index is -0.651. The van der Waals surface area contributed by atoms with E-state index in [0.29, 0.717) is 6.42 Å². The van der Waals surface area contributed by atoms with Crippen LogP contribution in [0.4, 0.5) is 0 Å². The number of amides is 2. The number of aromatic nitrogens is 1. The van der Waals surface area contributed by atoms with Gasteiger partial charge in [0.25, 0.3) is 0 Å². The van der Waals surface area contributed by atoms with Gasteiger partial charge in [-0.15, -0.1) is 0 Å². The van der Waals surface area contributed by atoms with Crippen LogP contribution in [0.15, 0.2) is 30.5 Å². The van der Waals surface area contributed by atoms with E-state index in [-0.39, 0.29) is 18.9 Å². The lowest BCUT2D eigenvalue weighted by molar-refractivity contribution is -0.122. The van der Waals surface area contributed by atoms with E-state index in [1.165, 1.54) is 0 Å². The van der Waals surface area contributed by atoms with Crippen LogP contribution in [-0.2, 0) is 16.0 Å². The van der Waals surface area contributed by atoms with Gasteiger partial charge in [-0.1, -0.05) is 18.2 Å². The molecule has 2 aromatic rings. The molecule has 0 radical (unpaired) electrons. The minimum Gasteiger partial charge on any atom is -0.370 e. The molecule has 1 heterocycles. The molecule has 6 N–H and O–H groups in total. The van der Waals surface area contributed by atoms with E-state index in [0.717, 1.165) is 16.5 Å². The normalized spacial score (nSPS) is 12.2. The molecule has 0 aliphatic carbocycles. The second-order valence-electron chi connectivity index (χ2n) is 4.68. The molecule has 0 aliphatic heterocycles. The van der Waals surface area contributed by atoms with Gasteiger partial charge < -0.3 is 21.8 Å². The summed E-state index contributed by atoms with van der Waals surface area (Å²) in [4.78, 5) is 25.5. The molecule has 1 aromatic carbocycles. The lowest BCUT2D eigenvalue weighted by Crippen LogP contribution is -2.42. The largest absolute Gasteiger partial charge is 0.370 e. The Labute approximate surface area is 116 Å². The van der Waals surface area contributed by atoms with Gasteiger partial charge >= 0.3 is 0 Å². The van der Waals surface area contributed by atoms with E-state index in [2.05, 4.69) is 10.3 Å². The van der Waals surface area contributed by atoms with Gasteiger partial charge in [-0.2, -0.15) is 0 Å². The van der Waals surface area contributed by atoms with Crippen LogP contribution in [-0.4, -0.2) is 29.4 Å². The summed E-state index contributed by atoms with van der Waals surface area (Å²) >= 11 is 0. The average Bonchev–Trinajstić information content (AvgIpc) is 2.81. The Bertz CT molecular complexity index is 620. The molecule has 0 saturated heterocycles. The fourth-order valence-corrected chi connectivity index (χ4v) is 2.07. The molecule has 6 heteroatoms.